The zero-order valence-electron chi connectivity index (χ0n) is 36.6. The normalized spacial score (nSPS) is 12.6. The van der Waals surface area contributed by atoms with Gasteiger partial charge in [0.1, 0.15) is 13.2 Å². The quantitative estimate of drug-likeness (QED) is 0.0202. The highest BCUT2D eigenvalue weighted by molar-refractivity contribution is 5.71. The second-order valence-corrected chi connectivity index (χ2v) is 15.3. The van der Waals surface area contributed by atoms with Crippen molar-refractivity contribution in [3.05, 3.63) is 60.8 Å². The largest absolute Gasteiger partial charge is 0.462 e. The Hall–Kier alpha value is -2.89. The summed E-state index contributed by atoms with van der Waals surface area (Å²) < 4.78 is 16.6. The van der Waals surface area contributed by atoms with E-state index in [1.165, 1.54) is 103 Å². The van der Waals surface area contributed by atoms with Gasteiger partial charge in [-0.1, -0.05) is 191 Å². The second-order valence-electron chi connectivity index (χ2n) is 15.3. The Morgan fingerprint density at radius 1 is 0.375 bits per heavy atom. The van der Waals surface area contributed by atoms with Crippen molar-refractivity contribution >= 4 is 17.9 Å². The van der Waals surface area contributed by atoms with E-state index in [9.17, 15) is 14.4 Å². The van der Waals surface area contributed by atoms with Gasteiger partial charge in [-0.2, -0.15) is 0 Å². The number of carbonyl (C=O) groups is 3. The number of unbranched alkanes of at least 4 members (excludes halogenated alkanes) is 21. The number of hydrogen-bond acceptors (Lipinski definition) is 6. The van der Waals surface area contributed by atoms with Crippen molar-refractivity contribution in [1.82, 2.24) is 0 Å². The van der Waals surface area contributed by atoms with Crippen molar-refractivity contribution in [2.24, 2.45) is 0 Å². The van der Waals surface area contributed by atoms with Crippen molar-refractivity contribution < 1.29 is 28.6 Å². The molecule has 0 amide bonds. The molecule has 1 atom stereocenters. The van der Waals surface area contributed by atoms with Crippen molar-refractivity contribution in [2.45, 2.75) is 226 Å². The molecule has 56 heavy (non-hydrogen) atoms. The molecule has 0 radical (unpaired) electrons. The summed E-state index contributed by atoms with van der Waals surface area (Å²) in [6.45, 7) is 6.48. The van der Waals surface area contributed by atoms with E-state index in [1.807, 2.05) is 0 Å². The van der Waals surface area contributed by atoms with Crippen LogP contribution in [0.1, 0.15) is 220 Å². The molecule has 0 aromatic heterocycles. The number of allylic oxidation sites excluding steroid dienone is 10. The molecule has 0 bridgehead atoms. The lowest BCUT2D eigenvalue weighted by molar-refractivity contribution is -0.167. The van der Waals surface area contributed by atoms with Gasteiger partial charge < -0.3 is 14.2 Å². The highest BCUT2D eigenvalue weighted by Crippen LogP contribution is 2.13. The minimum Gasteiger partial charge on any atom is -0.462 e. The fraction of sp³-hybridized carbons (Fsp3) is 0.740. The monoisotopic (exact) mass is 783 g/mol. The first-order valence-corrected chi connectivity index (χ1v) is 23.3. The third-order valence-electron chi connectivity index (χ3n) is 9.77. The molecular weight excluding hydrogens is 697 g/mol. The second kappa shape index (κ2) is 44.8. The Bertz CT molecular complexity index is 1040. The Labute approximate surface area is 345 Å². The van der Waals surface area contributed by atoms with Crippen LogP contribution in [0, 0.1) is 0 Å². The predicted octanol–water partition coefficient (Wildman–Crippen LogP) is 14.9. The molecule has 0 aromatic carbocycles. The standard InChI is InChI=1S/C50H86O6/c1-4-7-10-13-16-19-22-23-24-25-26-27-29-31-34-37-40-43-49(52)55-46-47(45-54-48(51)42-39-36-33-30-21-18-15-12-9-6-3)56-50(53)44-41-38-35-32-28-20-17-14-11-8-5-2/h14,17,20,23-24,26-28,31,34,47H,4-13,15-16,18-19,21-22,25,29-30,32-33,35-46H2,1-3H3/b17-14-,24-23-,27-26-,28-20-,34-31-. The van der Waals surface area contributed by atoms with E-state index < -0.39 is 6.10 Å². The number of rotatable bonds is 41. The molecule has 0 spiro atoms. The summed E-state index contributed by atoms with van der Waals surface area (Å²) in [5.41, 5.74) is 0. The minimum absolute atomic E-state index is 0.0998. The fourth-order valence-corrected chi connectivity index (χ4v) is 6.20. The minimum atomic E-state index is -0.803. The molecule has 0 N–H and O–H groups in total. The molecular formula is C50H86O6. The van der Waals surface area contributed by atoms with E-state index in [2.05, 4.69) is 81.5 Å². The first kappa shape index (κ1) is 53.1. The lowest BCUT2D eigenvalue weighted by atomic mass is 10.1. The maximum Gasteiger partial charge on any atom is 0.306 e. The highest BCUT2D eigenvalue weighted by atomic mass is 16.6. The summed E-state index contributed by atoms with van der Waals surface area (Å²) in [7, 11) is 0. The number of carbonyl (C=O) groups excluding carboxylic acids is 3. The maximum absolute atomic E-state index is 12.7. The van der Waals surface area contributed by atoms with Crippen molar-refractivity contribution in [3.8, 4) is 0 Å². The summed E-state index contributed by atoms with van der Waals surface area (Å²) in [5, 5.41) is 0. The van der Waals surface area contributed by atoms with Crippen LogP contribution in [0.25, 0.3) is 0 Å². The zero-order chi connectivity index (χ0) is 40.8. The van der Waals surface area contributed by atoms with Crippen molar-refractivity contribution in [3.63, 3.8) is 0 Å². The van der Waals surface area contributed by atoms with Gasteiger partial charge >= 0.3 is 17.9 Å². The molecule has 0 aliphatic carbocycles. The van der Waals surface area contributed by atoms with Gasteiger partial charge in [0.05, 0.1) is 0 Å². The van der Waals surface area contributed by atoms with Crippen LogP contribution in [0.2, 0.25) is 0 Å². The van der Waals surface area contributed by atoms with Crippen LogP contribution in [-0.4, -0.2) is 37.2 Å². The highest BCUT2D eigenvalue weighted by Gasteiger charge is 2.19. The summed E-state index contributed by atoms with van der Waals surface area (Å²) in [4.78, 5) is 37.7. The number of esters is 3. The van der Waals surface area contributed by atoms with Gasteiger partial charge in [-0.05, 0) is 70.6 Å². The molecule has 6 heteroatoms. The summed E-state index contributed by atoms with van der Waals surface area (Å²) >= 11 is 0. The third-order valence-corrected chi connectivity index (χ3v) is 9.77. The Morgan fingerprint density at radius 3 is 1.25 bits per heavy atom. The van der Waals surface area contributed by atoms with Gasteiger partial charge in [0.15, 0.2) is 6.10 Å². The molecule has 0 aliphatic rings. The predicted molar refractivity (Wildman–Crippen MR) is 238 cm³/mol. The van der Waals surface area contributed by atoms with E-state index in [4.69, 9.17) is 14.2 Å². The topological polar surface area (TPSA) is 78.9 Å². The molecule has 0 saturated carbocycles. The van der Waals surface area contributed by atoms with Crippen LogP contribution in [0.15, 0.2) is 60.8 Å². The molecule has 0 rings (SSSR count). The SMILES string of the molecule is CCCC/C=C\C=C/CCCCCC(=O)OC(COC(=O)CCC/C=C\C/C=C\C/C=C\CCCCCCCC)COC(=O)CCCCCCCCCCCC. The van der Waals surface area contributed by atoms with Gasteiger partial charge in [-0.15, -0.1) is 0 Å². The summed E-state index contributed by atoms with van der Waals surface area (Å²) in [5.74, 6) is -0.988. The third kappa shape index (κ3) is 42.3. The smallest absolute Gasteiger partial charge is 0.306 e. The van der Waals surface area contributed by atoms with Gasteiger partial charge in [-0.25, -0.2) is 0 Å². The maximum atomic E-state index is 12.7. The Balaban J connectivity index is 4.46. The average molecular weight is 783 g/mol. The molecule has 0 aliphatic heterocycles. The Morgan fingerprint density at radius 2 is 0.732 bits per heavy atom. The zero-order valence-corrected chi connectivity index (χ0v) is 36.6. The van der Waals surface area contributed by atoms with Crippen LogP contribution in [-0.2, 0) is 28.6 Å². The van der Waals surface area contributed by atoms with Gasteiger partial charge in [0.25, 0.3) is 0 Å². The van der Waals surface area contributed by atoms with Gasteiger partial charge in [0.2, 0.25) is 0 Å². The summed E-state index contributed by atoms with van der Waals surface area (Å²) in [6, 6.07) is 0. The van der Waals surface area contributed by atoms with Gasteiger partial charge in [0, 0.05) is 19.3 Å². The van der Waals surface area contributed by atoms with Crippen LogP contribution < -0.4 is 0 Å². The average Bonchev–Trinajstić information content (AvgIpc) is 3.19. The number of ether oxygens (including phenoxy) is 3. The molecule has 0 fully saturated rings. The summed E-state index contributed by atoms with van der Waals surface area (Å²) in [6.07, 6.45) is 53.5. The molecule has 6 nitrogen and oxygen atoms in total. The number of hydrogen-bond donors (Lipinski definition) is 0. The lowest BCUT2D eigenvalue weighted by Gasteiger charge is -2.18. The first-order chi connectivity index (χ1) is 27.5. The van der Waals surface area contributed by atoms with E-state index in [1.54, 1.807) is 0 Å². The lowest BCUT2D eigenvalue weighted by Crippen LogP contribution is -2.30. The van der Waals surface area contributed by atoms with Gasteiger partial charge in [-0.3, -0.25) is 14.4 Å². The van der Waals surface area contributed by atoms with Crippen molar-refractivity contribution in [1.29, 1.82) is 0 Å². The first-order valence-electron chi connectivity index (χ1n) is 23.3. The van der Waals surface area contributed by atoms with E-state index in [0.717, 1.165) is 70.6 Å². The molecule has 0 saturated heterocycles. The van der Waals surface area contributed by atoms with Crippen molar-refractivity contribution in [2.75, 3.05) is 13.2 Å². The fourth-order valence-electron chi connectivity index (χ4n) is 6.20. The van der Waals surface area contributed by atoms with Crippen LogP contribution in [0.3, 0.4) is 0 Å². The molecule has 0 heterocycles. The van der Waals surface area contributed by atoms with E-state index in [0.29, 0.717) is 12.8 Å². The van der Waals surface area contributed by atoms with Crippen LogP contribution in [0.4, 0.5) is 0 Å². The van der Waals surface area contributed by atoms with Crippen LogP contribution >= 0.6 is 0 Å². The van der Waals surface area contributed by atoms with E-state index >= 15 is 0 Å². The molecule has 322 valence electrons. The van der Waals surface area contributed by atoms with Crippen LogP contribution in [0.5, 0.6) is 0 Å². The molecule has 0 aromatic rings. The molecule has 1 unspecified atom stereocenters. The Kier molecular flexibility index (Phi) is 42.5. The van der Waals surface area contributed by atoms with E-state index in [-0.39, 0.29) is 44.0 Å².